The SMILES string of the molecule is COc1ccccc1C(=O)NCc1cc(-c2ccc(C)cc2)on1. The average molecular weight is 322 g/mol. The molecule has 1 amide bonds. The van der Waals surface area contributed by atoms with Crippen LogP contribution in [0.4, 0.5) is 0 Å². The van der Waals surface area contributed by atoms with E-state index in [4.69, 9.17) is 9.26 Å². The third-order valence-electron chi connectivity index (χ3n) is 3.68. The molecule has 1 N–H and O–H groups in total. The van der Waals surface area contributed by atoms with Crippen LogP contribution in [0.3, 0.4) is 0 Å². The van der Waals surface area contributed by atoms with Gasteiger partial charge in [0.05, 0.1) is 19.2 Å². The molecule has 0 bridgehead atoms. The molecular formula is C19H18N2O3. The highest BCUT2D eigenvalue weighted by atomic mass is 16.5. The zero-order valence-electron chi connectivity index (χ0n) is 13.6. The van der Waals surface area contributed by atoms with Gasteiger partial charge in [-0.15, -0.1) is 0 Å². The van der Waals surface area contributed by atoms with Crippen molar-refractivity contribution < 1.29 is 14.1 Å². The Bertz CT molecular complexity index is 838. The molecule has 0 atom stereocenters. The fourth-order valence-electron chi connectivity index (χ4n) is 2.35. The van der Waals surface area contributed by atoms with Crippen LogP contribution < -0.4 is 10.1 Å². The summed E-state index contributed by atoms with van der Waals surface area (Å²) in [6.45, 7) is 2.31. The molecule has 5 nitrogen and oxygen atoms in total. The molecule has 0 radical (unpaired) electrons. The molecule has 3 rings (SSSR count). The maximum atomic E-state index is 12.3. The van der Waals surface area contributed by atoms with E-state index in [1.165, 1.54) is 12.7 Å². The molecule has 1 heterocycles. The fraction of sp³-hybridized carbons (Fsp3) is 0.158. The van der Waals surface area contributed by atoms with Gasteiger partial charge in [0.1, 0.15) is 11.4 Å². The highest BCUT2D eigenvalue weighted by Gasteiger charge is 2.12. The largest absolute Gasteiger partial charge is 0.496 e. The number of benzene rings is 2. The first-order chi connectivity index (χ1) is 11.7. The molecule has 1 aromatic heterocycles. The van der Waals surface area contributed by atoms with E-state index in [0.717, 1.165) is 5.56 Å². The van der Waals surface area contributed by atoms with Crippen molar-refractivity contribution in [3.05, 3.63) is 71.4 Å². The molecule has 24 heavy (non-hydrogen) atoms. The average Bonchev–Trinajstić information content (AvgIpc) is 3.09. The molecule has 0 unspecified atom stereocenters. The molecule has 0 spiro atoms. The first-order valence-electron chi connectivity index (χ1n) is 7.61. The number of carbonyl (C=O) groups excluding carboxylic acids is 1. The van der Waals surface area contributed by atoms with E-state index in [0.29, 0.717) is 22.8 Å². The quantitative estimate of drug-likeness (QED) is 0.779. The lowest BCUT2D eigenvalue weighted by Crippen LogP contribution is -2.23. The Balaban J connectivity index is 1.67. The van der Waals surface area contributed by atoms with E-state index in [1.54, 1.807) is 18.2 Å². The zero-order valence-corrected chi connectivity index (χ0v) is 13.6. The van der Waals surface area contributed by atoms with Crippen molar-refractivity contribution in [2.24, 2.45) is 0 Å². The van der Waals surface area contributed by atoms with Crippen molar-refractivity contribution in [2.75, 3.05) is 7.11 Å². The zero-order chi connectivity index (χ0) is 16.9. The van der Waals surface area contributed by atoms with Crippen LogP contribution in [0.2, 0.25) is 0 Å². The Hall–Kier alpha value is -3.08. The van der Waals surface area contributed by atoms with Gasteiger partial charge in [-0.2, -0.15) is 0 Å². The van der Waals surface area contributed by atoms with Crippen LogP contribution in [0, 0.1) is 6.92 Å². The maximum Gasteiger partial charge on any atom is 0.255 e. The first kappa shape index (κ1) is 15.8. The van der Waals surface area contributed by atoms with Gasteiger partial charge in [-0.05, 0) is 19.1 Å². The van der Waals surface area contributed by atoms with Crippen molar-refractivity contribution in [1.29, 1.82) is 0 Å². The van der Waals surface area contributed by atoms with Crippen LogP contribution in [0.5, 0.6) is 5.75 Å². The number of nitrogens with one attached hydrogen (secondary N) is 1. The van der Waals surface area contributed by atoms with Crippen molar-refractivity contribution in [1.82, 2.24) is 10.5 Å². The van der Waals surface area contributed by atoms with Crippen LogP contribution in [0.25, 0.3) is 11.3 Å². The monoisotopic (exact) mass is 322 g/mol. The van der Waals surface area contributed by atoms with Gasteiger partial charge in [-0.25, -0.2) is 0 Å². The number of carbonyl (C=O) groups is 1. The molecule has 3 aromatic rings. The van der Waals surface area contributed by atoms with Gasteiger partial charge < -0.3 is 14.6 Å². The lowest BCUT2D eigenvalue weighted by atomic mass is 10.1. The number of methoxy groups -OCH3 is 1. The molecule has 2 aromatic carbocycles. The number of amides is 1. The number of hydrogen-bond acceptors (Lipinski definition) is 4. The van der Waals surface area contributed by atoms with E-state index in [2.05, 4.69) is 10.5 Å². The van der Waals surface area contributed by atoms with Gasteiger partial charge in [0.15, 0.2) is 5.76 Å². The Kier molecular flexibility index (Phi) is 4.61. The molecule has 0 saturated heterocycles. The van der Waals surface area contributed by atoms with Crippen LogP contribution in [0.15, 0.2) is 59.1 Å². The van der Waals surface area contributed by atoms with Gasteiger partial charge in [-0.1, -0.05) is 47.1 Å². The lowest BCUT2D eigenvalue weighted by molar-refractivity contribution is 0.0947. The number of aryl methyl sites for hydroxylation is 1. The second-order valence-corrected chi connectivity index (χ2v) is 5.43. The number of aromatic nitrogens is 1. The van der Waals surface area contributed by atoms with Crippen LogP contribution in [-0.4, -0.2) is 18.2 Å². The van der Waals surface area contributed by atoms with Gasteiger partial charge in [0, 0.05) is 11.6 Å². The van der Waals surface area contributed by atoms with Gasteiger partial charge >= 0.3 is 0 Å². The summed E-state index contributed by atoms with van der Waals surface area (Å²) in [4.78, 5) is 12.3. The number of para-hydroxylation sites is 1. The summed E-state index contributed by atoms with van der Waals surface area (Å²) in [5.74, 6) is 0.999. The third-order valence-corrected chi connectivity index (χ3v) is 3.68. The minimum Gasteiger partial charge on any atom is -0.496 e. The second-order valence-electron chi connectivity index (χ2n) is 5.43. The smallest absolute Gasteiger partial charge is 0.255 e. The molecule has 122 valence electrons. The van der Waals surface area contributed by atoms with Crippen molar-refractivity contribution >= 4 is 5.91 Å². The summed E-state index contributed by atoms with van der Waals surface area (Å²) in [6.07, 6.45) is 0. The Morgan fingerprint density at radius 2 is 1.92 bits per heavy atom. The minimum atomic E-state index is -0.215. The molecule has 0 fully saturated rings. The normalized spacial score (nSPS) is 10.4. The van der Waals surface area contributed by atoms with E-state index in [-0.39, 0.29) is 12.5 Å². The highest BCUT2D eigenvalue weighted by Crippen LogP contribution is 2.21. The Morgan fingerprint density at radius 1 is 1.17 bits per heavy atom. The highest BCUT2D eigenvalue weighted by molar-refractivity contribution is 5.96. The van der Waals surface area contributed by atoms with Gasteiger partial charge in [-0.3, -0.25) is 4.79 Å². The number of hydrogen-bond donors (Lipinski definition) is 1. The molecule has 0 aliphatic heterocycles. The van der Waals surface area contributed by atoms with Crippen molar-refractivity contribution in [3.8, 4) is 17.1 Å². The molecule has 0 aliphatic carbocycles. The predicted octanol–water partition coefficient (Wildman–Crippen LogP) is 3.59. The summed E-state index contributed by atoms with van der Waals surface area (Å²) in [5, 5.41) is 6.82. The van der Waals surface area contributed by atoms with E-state index in [1.807, 2.05) is 43.3 Å². The molecule has 5 heteroatoms. The predicted molar refractivity (Wildman–Crippen MR) is 90.8 cm³/mol. The van der Waals surface area contributed by atoms with Crippen molar-refractivity contribution in [2.45, 2.75) is 13.5 Å². The number of rotatable bonds is 5. The summed E-state index contributed by atoms with van der Waals surface area (Å²) in [5.41, 5.74) is 3.29. The van der Waals surface area contributed by atoms with E-state index >= 15 is 0 Å². The van der Waals surface area contributed by atoms with Crippen LogP contribution >= 0.6 is 0 Å². The summed E-state index contributed by atoms with van der Waals surface area (Å²) in [6, 6.07) is 16.9. The fourth-order valence-corrected chi connectivity index (χ4v) is 2.35. The third kappa shape index (κ3) is 3.46. The maximum absolute atomic E-state index is 12.3. The lowest BCUT2D eigenvalue weighted by Gasteiger charge is -2.07. The van der Waals surface area contributed by atoms with Crippen LogP contribution in [0.1, 0.15) is 21.6 Å². The second kappa shape index (κ2) is 7.00. The number of ether oxygens (including phenoxy) is 1. The molecule has 0 aliphatic rings. The van der Waals surface area contributed by atoms with Gasteiger partial charge in [0.25, 0.3) is 5.91 Å². The summed E-state index contributed by atoms with van der Waals surface area (Å²) < 4.78 is 10.5. The van der Waals surface area contributed by atoms with Crippen LogP contribution in [-0.2, 0) is 6.54 Å². The Labute approximate surface area is 140 Å². The summed E-state index contributed by atoms with van der Waals surface area (Å²) in [7, 11) is 1.54. The first-order valence-corrected chi connectivity index (χ1v) is 7.61. The summed E-state index contributed by atoms with van der Waals surface area (Å²) >= 11 is 0. The minimum absolute atomic E-state index is 0.215. The molecular weight excluding hydrogens is 304 g/mol. The van der Waals surface area contributed by atoms with Gasteiger partial charge in [0.2, 0.25) is 0 Å². The van der Waals surface area contributed by atoms with E-state index < -0.39 is 0 Å². The van der Waals surface area contributed by atoms with Crippen molar-refractivity contribution in [3.63, 3.8) is 0 Å². The standard InChI is InChI=1S/C19H18N2O3/c1-13-7-9-14(10-8-13)18-11-15(21-24-18)12-20-19(22)16-5-3-4-6-17(16)23-2/h3-11H,12H2,1-2H3,(H,20,22). The topological polar surface area (TPSA) is 64.4 Å². The Morgan fingerprint density at radius 3 is 2.67 bits per heavy atom. The number of nitrogens with zero attached hydrogens (tertiary/aromatic N) is 1. The molecule has 0 saturated carbocycles. The van der Waals surface area contributed by atoms with E-state index in [9.17, 15) is 4.79 Å².